The summed E-state index contributed by atoms with van der Waals surface area (Å²) < 4.78 is 34.8. The fraction of sp³-hybridized carbons (Fsp3) is 0.455. The van der Waals surface area contributed by atoms with Gasteiger partial charge in [0.1, 0.15) is 5.75 Å². The van der Waals surface area contributed by atoms with Crippen LogP contribution < -0.4 is 4.74 Å². The molecular weight excluding hydrogens is 297 g/mol. The molecule has 0 aliphatic rings. The van der Waals surface area contributed by atoms with Crippen molar-refractivity contribution in [3.63, 3.8) is 0 Å². The molecule has 0 saturated carbocycles. The summed E-state index contributed by atoms with van der Waals surface area (Å²) in [6, 6.07) is 4.41. The van der Waals surface area contributed by atoms with Crippen molar-refractivity contribution in [3.8, 4) is 5.75 Å². The summed E-state index contributed by atoms with van der Waals surface area (Å²) in [7, 11) is -3.92. The van der Waals surface area contributed by atoms with Gasteiger partial charge in [-0.3, -0.25) is 14.7 Å². The van der Waals surface area contributed by atoms with Crippen LogP contribution >= 0.6 is 0 Å². The molecule has 0 atom stereocenters. The van der Waals surface area contributed by atoms with E-state index in [2.05, 4.69) is 0 Å². The van der Waals surface area contributed by atoms with Gasteiger partial charge in [-0.15, -0.1) is 0 Å². The summed E-state index contributed by atoms with van der Waals surface area (Å²) in [4.78, 5) is 10.1. The van der Waals surface area contributed by atoms with Crippen molar-refractivity contribution >= 4 is 45.4 Å². The summed E-state index contributed by atoms with van der Waals surface area (Å²) >= 11 is 0. The van der Waals surface area contributed by atoms with Gasteiger partial charge in [-0.2, -0.15) is 8.42 Å². The molecular formula is C11H15NNaO6S. The van der Waals surface area contributed by atoms with Crippen LogP contribution in [-0.2, 0) is 10.1 Å². The van der Waals surface area contributed by atoms with Crippen molar-refractivity contribution in [1.82, 2.24) is 0 Å². The Morgan fingerprint density at radius 2 is 2.00 bits per heavy atom. The normalized spacial score (nSPS) is 10.7. The minimum absolute atomic E-state index is 0. The Kier molecular flexibility index (Phi) is 8.29. The summed E-state index contributed by atoms with van der Waals surface area (Å²) in [6.07, 6.45) is 0.765. The number of hydrogen-bond acceptors (Lipinski definition) is 5. The van der Waals surface area contributed by atoms with Crippen LogP contribution in [0.4, 0.5) is 5.69 Å². The van der Waals surface area contributed by atoms with E-state index in [1.165, 1.54) is 12.1 Å². The molecule has 0 aliphatic carbocycles. The van der Waals surface area contributed by atoms with E-state index >= 15 is 0 Å². The molecule has 1 aromatic carbocycles. The van der Waals surface area contributed by atoms with E-state index in [0.29, 0.717) is 24.2 Å². The second-order valence-electron chi connectivity index (χ2n) is 4.05. The topological polar surface area (TPSA) is 107 Å². The molecule has 0 spiro atoms. The van der Waals surface area contributed by atoms with Crippen molar-refractivity contribution in [3.05, 3.63) is 33.9 Å². The molecule has 107 valence electrons. The molecule has 1 N–H and O–H groups in total. The third-order valence-corrected chi connectivity index (χ3v) is 3.23. The maximum Gasteiger partial charge on any atom is 0.272 e. The molecule has 0 fully saturated rings. The second kappa shape index (κ2) is 8.58. The minimum atomic E-state index is -3.92. The molecule has 7 nitrogen and oxygen atoms in total. The van der Waals surface area contributed by atoms with Gasteiger partial charge in [0.2, 0.25) is 0 Å². The number of unbranched alkanes of at least 4 members (excludes halogenated alkanes) is 1. The van der Waals surface area contributed by atoms with E-state index < -0.39 is 15.0 Å². The first kappa shape index (κ1) is 19.3. The number of aryl methyl sites for hydroxylation is 1. The van der Waals surface area contributed by atoms with Crippen LogP contribution in [0.25, 0.3) is 0 Å². The first-order valence-corrected chi connectivity index (χ1v) is 7.23. The number of hydrogen-bond donors (Lipinski definition) is 1. The van der Waals surface area contributed by atoms with Gasteiger partial charge in [-0.05, 0) is 31.9 Å². The van der Waals surface area contributed by atoms with Gasteiger partial charge in [0, 0.05) is 41.2 Å². The standard InChI is InChI=1S/C11H15NO6S.Na/c1-9-8-10(4-5-11(9)12(13)14)18-6-2-3-7-19(15,16)17;/h4-5,8H,2-3,6-7H2,1H3,(H,15,16,17);. The molecule has 0 aromatic heterocycles. The van der Waals surface area contributed by atoms with Crippen molar-refractivity contribution < 1.29 is 22.6 Å². The van der Waals surface area contributed by atoms with E-state index in [4.69, 9.17) is 9.29 Å². The van der Waals surface area contributed by atoms with E-state index in [0.717, 1.165) is 0 Å². The predicted octanol–water partition coefficient (Wildman–Crippen LogP) is 1.57. The van der Waals surface area contributed by atoms with Crippen molar-refractivity contribution in [2.75, 3.05) is 12.4 Å². The molecule has 1 rings (SSSR count). The second-order valence-corrected chi connectivity index (χ2v) is 5.62. The van der Waals surface area contributed by atoms with E-state index in [9.17, 15) is 18.5 Å². The van der Waals surface area contributed by atoms with Gasteiger partial charge < -0.3 is 4.74 Å². The Balaban J connectivity index is 0.00000361. The molecule has 9 heteroatoms. The first-order valence-electron chi connectivity index (χ1n) is 5.62. The molecule has 0 amide bonds. The van der Waals surface area contributed by atoms with Gasteiger partial charge >= 0.3 is 0 Å². The molecule has 1 radical (unpaired) electrons. The number of nitro benzene ring substituents is 1. The Morgan fingerprint density at radius 1 is 1.35 bits per heavy atom. The molecule has 20 heavy (non-hydrogen) atoms. The summed E-state index contributed by atoms with van der Waals surface area (Å²) in [5.74, 6) is 0.199. The van der Waals surface area contributed by atoms with Gasteiger partial charge in [0.25, 0.3) is 15.8 Å². The summed E-state index contributed by atoms with van der Waals surface area (Å²) in [6.45, 7) is 1.90. The van der Waals surface area contributed by atoms with Crippen molar-refractivity contribution in [2.24, 2.45) is 0 Å². The number of benzene rings is 1. The molecule has 0 saturated heterocycles. The van der Waals surface area contributed by atoms with E-state index in [1.54, 1.807) is 13.0 Å². The molecule has 1 aromatic rings. The zero-order valence-corrected chi connectivity index (χ0v) is 14.2. The Hall–Kier alpha value is -0.670. The Bertz CT molecular complexity index is 560. The number of ether oxygens (including phenoxy) is 1. The van der Waals surface area contributed by atoms with Crippen molar-refractivity contribution in [1.29, 1.82) is 0 Å². The SMILES string of the molecule is Cc1cc(OCCCCS(=O)(=O)O)ccc1[N+](=O)[O-].[Na]. The Morgan fingerprint density at radius 3 is 2.50 bits per heavy atom. The first-order chi connectivity index (χ1) is 8.79. The molecule has 0 unspecified atom stereocenters. The smallest absolute Gasteiger partial charge is 0.272 e. The van der Waals surface area contributed by atoms with Gasteiger partial charge in [0.05, 0.1) is 17.3 Å². The van der Waals surface area contributed by atoms with Crippen LogP contribution in [0.5, 0.6) is 5.75 Å². The third-order valence-electron chi connectivity index (χ3n) is 2.43. The van der Waals surface area contributed by atoms with Crippen LogP contribution in [0.2, 0.25) is 0 Å². The molecule has 0 bridgehead atoms. The summed E-state index contributed by atoms with van der Waals surface area (Å²) in [5.41, 5.74) is 0.527. The van der Waals surface area contributed by atoms with Gasteiger partial charge in [0.15, 0.2) is 0 Å². The third kappa shape index (κ3) is 7.20. The molecule has 0 heterocycles. The molecule has 0 aliphatic heterocycles. The van der Waals surface area contributed by atoms with Crippen molar-refractivity contribution in [2.45, 2.75) is 19.8 Å². The van der Waals surface area contributed by atoms with Gasteiger partial charge in [-0.25, -0.2) is 0 Å². The maximum absolute atomic E-state index is 10.6. The van der Waals surface area contributed by atoms with Crippen LogP contribution in [0.15, 0.2) is 18.2 Å². The van der Waals surface area contributed by atoms with Crippen LogP contribution in [0.3, 0.4) is 0 Å². The fourth-order valence-corrected chi connectivity index (χ4v) is 2.07. The average Bonchev–Trinajstić information content (AvgIpc) is 2.26. The number of nitrogens with zero attached hydrogens (tertiary/aromatic N) is 1. The number of rotatable bonds is 7. The zero-order chi connectivity index (χ0) is 14.5. The zero-order valence-electron chi connectivity index (χ0n) is 11.4. The predicted molar refractivity (Wildman–Crippen MR) is 74.7 cm³/mol. The van der Waals surface area contributed by atoms with E-state index in [-0.39, 0.29) is 47.6 Å². The van der Waals surface area contributed by atoms with Crippen LogP contribution in [0.1, 0.15) is 18.4 Å². The van der Waals surface area contributed by atoms with Crippen LogP contribution in [-0.4, -0.2) is 59.8 Å². The van der Waals surface area contributed by atoms with Crippen LogP contribution in [0, 0.1) is 17.0 Å². The fourth-order valence-electron chi connectivity index (χ4n) is 1.50. The van der Waals surface area contributed by atoms with E-state index in [1.807, 2.05) is 0 Å². The maximum atomic E-state index is 10.6. The average molecular weight is 312 g/mol. The number of nitro groups is 1. The Labute approximate surface area is 139 Å². The summed E-state index contributed by atoms with van der Waals surface area (Å²) in [5, 5.41) is 10.6. The minimum Gasteiger partial charge on any atom is -0.494 e. The quantitative estimate of drug-likeness (QED) is 0.269. The monoisotopic (exact) mass is 312 g/mol. The largest absolute Gasteiger partial charge is 0.494 e. The van der Waals surface area contributed by atoms with Gasteiger partial charge in [-0.1, -0.05) is 0 Å².